The summed E-state index contributed by atoms with van der Waals surface area (Å²) < 4.78 is 4.67. The molecule has 47 heavy (non-hydrogen) atoms. The van der Waals surface area contributed by atoms with Gasteiger partial charge in [0.05, 0.1) is 23.7 Å². The van der Waals surface area contributed by atoms with Crippen molar-refractivity contribution in [3.05, 3.63) is 169 Å². The molecule has 1 fully saturated rings. The molecule has 0 spiro atoms. The number of hydrogen-bond donors (Lipinski definition) is 1. The summed E-state index contributed by atoms with van der Waals surface area (Å²) >= 11 is 3.56. The third-order valence-corrected chi connectivity index (χ3v) is 10.4. The Balaban J connectivity index is 1.44. The normalized spacial score (nSPS) is 23.3. The van der Waals surface area contributed by atoms with Crippen LogP contribution in [0.2, 0.25) is 0 Å². The highest BCUT2D eigenvalue weighted by Gasteiger charge is 2.63. The summed E-state index contributed by atoms with van der Waals surface area (Å²) in [5, 5.41) is 11.5. The van der Waals surface area contributed by atoms with Gasteiger partial charge in [-0.25, -0.2) is 23.5 Å². The molecule has 4 aromatic carbocycles. The number of aromatic nitrogens is 3. The summed E-state index contributed by atoms with van der Waals surface area (Å²) in [6.45, 7) is 0.0772. The molecule has 2 heterocycles. The standard InChI is InChI=1S/C38H28BrN3O5/c39-25-16-17-32(43)29(20-25)34-27-18-19-40-36(46)41(26-14-8-3-9-15-26)37(47)42(40)31(27)22-30-35(45)28(23-10-4-1-5-11-23)21-33(44)38(30,34)24-12-6-2-7-13-24/h1-18,20-21,30-31,34,43H,19,22H2/t30-,31+,34+,38-/m0/s1. The zero-order valence-corrected chi connectivity index (χ0v) is 26.6. The second-order valence-electron chi connectivity index (χ2n) is 12.2. The number of Topliss-reactive ketones (excluding diaryl/α,β-unsaturated/α-hetero) is 1. The molecule has 232 valence electrons. The van der Waals surface area contributed by atoms with Crippen molar-refractivity contribution in [3.63, 3.8) is 0 Å². The average Bonchev–Trinajstić information content (AvgIpc) is 3.36. The van der Waals surface area contributed by atoms with Crippen molar-refractivity contribution in [1.82, 2.24) is 13.9 Å². The van der Waals surface area contributed by atoms with Gasteiger partial charge in [-0.05, 0) is 59.5 Å². The minimum absolute atomic E-state index is 0.0379. The van der Waals surface area contributed by atoms with E-state index >= 15 is 4.79 Å². The highest BCUT2D eigenvalue weighted by molar-refractivity contribution is 9.10. The molecule has 5 aromatic rings. The van der Waals surface area contributed by atoms with Crippen LogP contribution < -0.4 is 11.4 Å². The zero-order valence-electron chi connectivity index (χ0n) is 25.0. The SMILES string of the molecule is O=C1C(c2ccccc2)=CC(=O)[C@@]2(c3ccccc3)[C@@H](c3cc(Br)ccc3O)C3=CCn4c(=O)n(-c5ccccc5)c(=O)n4[C@@H]3C[C@@H]12. The fourth-order valence-electron chi connectivity index (χ4n) is 8.04. The summed E-state index contributed by atoms with van der Waals surface area (Å²) in [5.41, 5.74) is 0.703. The van der Waals surface area contributed by atoms with E-state index in [2.05, 4.69) is 15.9 Å². The van der Waals surface area contributed by atoms with Gasteiger partial charge in [0.15, 0.2) is 11.6 Å². The lowest BCUT2D eigenvalue weighted by molar-refractivity contribution is -0.133. The topological polar surface area (TPSA) is 103 Å². The number of halogens is 1. The van der Waals surface area contributed by atoms with E-state index < -0.39 is 34.7 Å². The number of nitrogens with zero attached hydrogens (tertiary/aromatic N) is 3. The predicted octanol–water partition coefficient (Wildman–Crippen LogP) is 5.73. The van der Waals surface area contributed by atoms with Gasteiger partial charge in [-0.1, -0.05) is 101 Å². The fourth-order valence-corrected chi connectivity index (χ4v) is 8.41. The van der Waals surface area contributed by atoms with Gasteiger partial charge in [-0.15, -0.1) is 0 Å². The summed E-state index contributed by atoms with van der Waals surface area (Å²) in [4.78, 5) is 58.0. The van der Waals surface area contributed by atoms with Gasteiger partial charge in [-0.3, -0.25) is 9.59 Å². The number of carbonyl (C=O) groups excluding carboxylic acids is 2. The van der Waals surface area contributed by atoms with Crippen LogP contribution in [0.15, 0.2) is 141 Å². The molecule has 8 rings (SSSR count). The second-order valence-corrected chi connectivity index (χ2v) is 13.1. The first kappa shape index (κ1) is 29.1. The molecule has 0 unspecified atom stereocenters. The van der Waals surface area contributed by atoms with E-state index in [9.17, 15) is 19.5 Å². The first-order valence-corrected chi connectivity index (χ1v) is 16.2. The Hall–Kier alpha value is -5.28. The molecule has 1 N–H and O–H groups in total. The van der Waals surface area contributed by atoms with Gasteiger partial charge in [0.2, 0.25) is 0 Å². The van der Waals surface area contributed by atoms with Crippen molar-refractivity contribution in [2.45, 2.75) is 30.3 Å². The van der Waals surface area contributed by atoms with Crippen LogP contribution >= 0.6 is 15.9 Å². The number of rotatable bonds is 4. The second kappa shape index (κ2) is 10.9. The smallest absolute Gasteiger partial charge is 0.352 e. The number of para-hydroxylation sites is 1. The van der Waals surface area contributed by atoms with Crippen LogP contribution in [0.4, 0.5) is 0 Å². The molecule has 2 aliphatic carbocycles. The van der Waals surface area contributed by atoms with Crippen molar-refractivity contribution >= 4 is 33.1 Å². The third-order valence-electron chi connectivity index (χ3n) is 9.95. The summed E-state index contributed by atoms with van der Waals surface area (Å²) in [6.07, 6.45) is 3.45. The number of aromatic hydroxyl groups is 1. The van der Waals surface area contributed by atoms with E-state index in [0.29, 0.717) is 38.0 Å². The van der Waals surface area contributed by atoms with Gasteiger partial charge in [0, 0.05) is 27.4 Å². The molecule has 3 aliphatic rings. The quantitative estimate of drug-likeness (QED) is 0.244. The minimum Gasteiger partial charge on any atom is -0.508 e. The van der Waals surface area contributed by atoms with Crippen LogP contribution in [0, 0.1) is 5.92 Å². The van der Waals surface area contributed by atoms with Crippen LogP contribution in [0.5, 0.6) is 5.75 Å². The van der Waals surface area contributed by atoms with Crippen LogP contribution in [-0.2, 0) is 21.5 Å². The molecule has 4 atom stereocenters. The number of ketones is 2. The van der Waals surface area contributed by atoms with Crippen LogP contribution in [0.3, 0.4) is 0 Å². The number of benzene rings is 4. The predicted molar refractivity (Wildman–Crippen MR) is 181 cm³/mol. The van der Waals surface area contributed by atoms with Gasteiger partial charge in [0.25, 0.3) is 0 Å². The maximum Gasteiger partial charge on any atom is 0.352 e. The van der Waals surface area contributed by atoms with E-state index in [4.69, 9.17) is 0 Å². The maximum atomic E-state index is 15.0. The molecular formula is C38H28BrN3O5. The van der Waals surface area contributed by atoms with Gasteiger partial charge in [0.1, 0.15) is 5.75 Å². The number of allylic oxidation sites excluding steroid dienone is 4. The highest BCUT2D eigenvalue weighted by Crippen LogP contribution is 2.62. The lowest BCUT2D eigenvalue weighted by atomic mass is 9.47. The monoisotopic (exact) mass is 685 g/mol. The molecule has 9 heteroatoms. The van der Waals surface area contributed by atoms with Gasteiger partial charge < -0.3 is 5.11 Å². The Labute approximate surface area is 277 Å². The summed E-state index contributed by atoms with van der Waals surface area (Å²) in [7, 11) is 0. The fraction of sp³-hybridized carbons (Fsp3) is 0.158. The molecule has 1 aliphatic heterocycles. The lowest BCUT2D eigenvalue weighted by Crippen LogP contribution is -2.58. The molecule has 0 amide bonds. The van der Waals surface area contributed by atoms with E-state index in [0.717, 1.165) is 4.57 Å². The maximum absolute atomic E-state index is 15.0. The van der Waals surface area contributed by atoms with E-state index in [1.54, 1.807) is 54.6 Å². The molecular weight excluding hydrogens is 658 g/mol. The van der Waals surface area contributed by atoms with Crippen LogP contribution in [-0.4, -0.2) is 30.6 Å². The Bertz CT molecular complexity index is 2270. The Morgan fingerprint density at radius 3 is 2.15 bits per heavy atom. The van der Waals surface area contributed by atoms with Gasteiger partial charge >= 0.3 is 11.4 Å². The molecule has 0 radical (unpaired) electrons. The number of phenolic OH excluding ortho intramolecular Hbond substituents is 1. The number of hydrogen-bond acceptors (Lipinski definition) is 5. The number of carbonyl (C=O) groups is 2. The van der Waals surface area contributed by atoms with E-state index in [1.165, 1.54) is 15.4 Å². The minimum atomic E-state index is -1.44. The van der Waals surface area contributed by atoms with Crippen molar-refractivity contribution < 1.29 is 14.7 Å². The van der Waals surface area contributed by atoms with Gasteiger partial charge in [-0.2, -0.15) is 0 Å². The molecule has 0 saturated heterocycles. The molecule has 8 nitrogen and oxygen atoms in total. The molecule has 0 bridgehead atoms. The lowest BCUT2D eigenvalue weighted by Gasteiger charge is -2.54. The largest absolute Gasteiger partial charge is 0.508 e. The van der Waals surface area contributed by atoms with Crippen LogP contribution in [0.1, 0.15) is 35.1 Å². The van der Waals surface area contributed by atoms with E-state index in [-0.39, 0.29) is 30.3 Å². The molecule has 1 aromatic heterocycles. The zero-order chi connectivity index (χ0) is 32.4. The number of phenols is 1. The first-order chi connectivity index (χ1) is 22.8. The van der Waals surface area contributed by atoms with Crippen molar-refractivity contribution in [2.24, 2.45) is 5.92 Å². The van der Waals surface area contributed by atoms with Crippen molar-refractivity contribution in [2.75, 3.05) is 0 Å². The molecule has 1 saturated carbocycles. The highest BCUT2D eigenvalue weighted by atomic mass is 79.9. The first-order valence-electron chi connectivity index (χ1n) is 15.4. The summed E-state index contributed by atoms with van der Waals surface area (Å²) in [5.74, 6) is -2.30. The average molecular weight is 687 g/mol. The van der Waals surface area contributed by atoms with Crippen molar-refractivity contribution in [1.29, 1.82) is 0 Å². The Morgan fingerprint density at radius 2 is 1.45 bits per heavy atom. The van der Waals surface area contributed by atoms with Crippen LogP contribution in [0.25, 0.3) is 11.3 Å². The third kappa shape index (κ3) is 4.19. The summed E-state index contributed by atoms with van der Waals surface area (Å²) in [6, 6.07) is 31.4. The van der Waals surface area contributed by atoms with Crippen molar-refractivity contribution in [3.8, 4) is 11.4 Å². The Morgan fingerprint density at radius 1 is 0.787 bits per heavy atom. The van der Waals surface area contributed by atoms with E-state index in [1.807, 2.05) is 60.7 Å². The Kier molecular flexibility index (Phi) is 6.77. The number of fused-ring (bicyclic) bond motifs is 4.